The molecule has 0 unspecified atom stereocenters. The lowest BCUT2D eigenvalue weighted by molar-refractivity contribution is -0.121. The first kappa shape index (κ1) is 20.3. The SMILES string of the molecule is CS(=O)(=O)Nc1cccc(CNC(=O)CCn2c(=O)[nH]c(=O)c3ccccc32)c1. The molecule has 1 aromatic heterocycles. The minimum absolute atomic E-state index is 0.0389. The molecule has 29 heavy (non-hydrogen) atoms. The zero-order chi connectivity index (χ0) is 21.0. The third kappa shape index (κ3) is 5.32. The Morgan fingerprint density at radius 1 is 1.10 bits per heavy atom. The van der Waals surface area contributed by atoms with Crippen molar-refractivity contribution >= 4 is 32.5 Å². The van der Waals surface area contributed by atoms with Gasteiger partial charge in [0.05, 0.1) is 17.2 Å². The van der Waals surface area contributed by atoms with Crippen molar-refractivity contribution in [2.75, 3.05) is 11.0 Å². The average Bonchev–Trinajstić information content (AvgIpc) is 2.65. The van der Waals surface area contributed by atoms with Gasteiger partial charge in [-0.05, 0) is 29.8 Å². The van der Waals surface area contributed by atoms with Crippen molar-refractivity contribution in [2.24, 2.45) is 0 Å². The summed E-state index contributed by atoms with van der Waals surface area (Å²) in [6.07, 6.45) is 1.10. The van der Waals surface area contributed by atoms with E-state index in [1.54, 1.807) is 48.5 Å². The first-order chi connectivity index (χ1) is 13.7. The van der Waals surface area contributed by atoms with Crippen LogP contribution in [0.3, 0.4) is 0 Å². The number of para-hydroxylation sites is 1. The van der Waals surface area contributed by atoms with E-state index in [4.69, 9.17) is 0 Å². The van der Waals surface area contributed by atoms with Gasteiger partial charge < -0.3 is 5.32 Å². The molecule has 10 heteroatoms. The Bertz CT molecular complexity index is 1280. The standard InChI is InChI=1S/C19H20N4O5S/c1-29(27,28)22-14-6-4-5-13(11-14)12-20-17(24)9-10-23-16-8-3-2-7-15(16)18(25)21-19(23)26/h2-8,11,22H,9-10,12H2,1H3,(H,20,24)(H,21,25,26). The second-order valence-electron chi connectivity index (χ2n) is 6.53. The minimum Gasteiger partial charge on any atom is -0.352 e. The number of amides is 1. The molecule has 3 aromatic rings. The number of anilines is 1. The normalized spacial score (nSPS) is 11.3. The first-order valence-corrected chi connectivity index (χ1v) is 10.7. The molecule has 0 aliphatic rings. The highest BCUT2D eigenvalue weighted by atomic mass is 32.2. The van der Waals surface area contributed by atoms with Crippen molar-refractivity contribution < 1.29 is 13.2 Å². The van der Waals surface area contributed by atoms with Crippen molar-refractivity contribution in [3.05, 3.63) is 74.9 Å². The van der Waals surface area contributed by atoms with Gasteiger partial charge in [-0.3, -0.25) is 23.9 Å². The summed E-state index contributed by atoms with van der Waals surface area (Å²) in [7, 11) is -3.38. The van der Waals surface area contributed by atoms with Crippen LogP contribution < -0.4 is 21.3 Å². The van der Waals surface area contributed by atoms with Gasteiger partial charge in [-0.15, -0.1) is 0 Å². The van der Waals surface area contributed by atoms with Crippen LogP contribution in [0.25, 0.3) is 10.9 Å². The van der Waals surface area contributed by atoms with Crippen LogP contribution in [-0.4, -0.2) is 30.1 Å². The number of hydrogen-bond acceptors (Lipinski definition) is 5. The summed E-state index contributed by atoms with van der Waals surface area (Å²) in [5.74, 6) is -0.284. The lowest BCUT2D eigenvalue weighted by Gasteiger charge is -2.10. The second kappa shape index (κ2) is 8.31. The fraction of sp³-hybridized carbons (Fsp3) is 0.211. The molecule has 1 heterocycles. The van der Waals surface area contributed by atoms with Crippen molar-refractivity contribution in [1.82, 2.24) is 14.9 Å². The number of fused-ring (bicyclic) bond motifs is 1. The summed E-state index contributed by atoms with van der Waals surface area (Å²) in [6.45, 7) is 0.316. The molecule has 3 rings (SSSR count). The largest absolute Gasteiger partial charge is 0.352 e. The molecule has 0 atom stereocenters. The van der Waals surface area contributed by atoms with E-state index in [1.165, 1.54) is 4.57 Å². The molecule has 0 radical (unpaired) electrons. The Labute approximate surface area is 166 Å². The number of nitrogens with one attached hydrogen (secondary N) is 3. The lowest BCUT2D eigenvalue weighted by atomic mass is 10.2. The number of sulfonamides is 1. The van der Waals surface area contributed by atoms with Gasteiger partial charge in [0.1, 0.15) is 0 Å². The van der Waals surface area contributed by atoms with E-state index in [0.717, 1.165) is 11.8 Å². The third-order valence-corrected chi connectivity index (χ3v) is 4.79. The summed E-state index contributed by atoms with van der Waals surface area (Å²) in [4.78, 5) is 38.4. The number of nitrogens with zero attached hydrogens (tertiary/aromatic N) is 1. The number of hydrogen-bond donors (Lipinski definition) is 3. The van der Waals surface area contributed by atoms with Gasteiger partial charge in [-0.25, -0.2) is 13.2 Å². The predicted molar refractivity (Wildman–Crippen MR) is 110 cm³/mol. The minimum atomic E-state index is -3.38. The maximum atomic E-state index is 12.2. The third-order valence-electron chi connectivity index (χ3n) is 4.19. The van der Waals surface area contributed by atoms with Gasteiger partial charge in [-0.2, -0.15) is 0 Å². The van der Waals surface area contributed by atoms with E-state index >= 15 is 0 Å². The maximum Gasteiger partial charge on any atom is 0.328 e. The summed E-state index contributed by atoms with van der Waals surface area (Å²) < 4.78 is 26.3. The van der Waals surface area contributed by atoms with Crippen molar-refractivity contribution in [3.63, 3.8) is 0 Å². The van der Waals surface area contributed by atoms with Crippen LogP contribution in [0.15, 0.2) is 58.1 Å². The van der Waals surface area contributed by atoms with Gasteiger partial charge in [0.25, 0.3) is 5.56 Å². The Balaban J connectivity index is 1.65. The zero-order valence-electron chi connectivity index (χ0n) is 15.6. The number of aryl methyl sites for hydroxylation is 1. The van der Waals surface area contributed by atoms with Crippen molar-refractivity contribution in [1.29, 1.82) is 0 Å². The number of benzene rings is 2. The van der Waals surface area contributed by atoms with Crippen LogP contribution in [0, 0.1) is 0 Å². The smallest absolute Gasteiger partial charge is 0.328 e. The van der Waals surface area contributed by atoms with Gasteiger partial charge in [0.2, 0.25) is 15.9 Å². The van der Waals surface area contributed by atoms with E-state index in [2.05, 4.69) is 15.0 Å². The number of rotatable bonds is 7. The topological polar surface area (TPSA) is 130 Å². The van der Waals surface area contributed by atoms with E-state index in [-0.39, 0.29) is 25.4 Å². The average molecular weight is 416 g/mol. The number of aromatic nitrogens is 2. The fourth-order valence-electron chi connectivity index (χ4n) is 2.93. The van der Waals surface area contributed by atoms with Gasteiger partial charge in [0.15, 0.2) is 0 Å². The molecule has 0 saturated heterocycles. The highest BCUT2D eigenvalue weighted by molar-refractivity contribution is 7.92. The van der Waals surface area contributed by atoms with Crippen molar-refractivity contribution in [2.45, 2.75) is 19.5 Å². The second-order valence-corrected chi connectivity index (χ2v) is 8.28. The van der Waals surface area contributed by atoms with Crippen LogP contribution in [0.1, 0.15) is 12.0 Å². The Morgan fingerprint density at radius 2 is 1.86 bits per heavy atom. The molecule has 0 saturated carbocycles. The van der Waals surface area contributed by atoms with Crippen LogP contribution in [0.5, 0.6) is 0 Å². The molecule has 0 spiro atoms. The van der Waals surface area contributed by atoms with Crippen LogP contribution in [0.4, 0.5) is 5.69 Å². The zero-order valence-corrected chi connectivity index (χ0v) is 16.5. The molecule has 152 valence electrons. The van der Waals surface area contributed by atoms with Crippen LogP contribution in [0.2, 0.25) is 0 Å². The highest BCUT2D eigenvalue weighted by Crippen LogP contribution is 2.12. The lowest BCUT2D eigenvalue weighted by Crippen LogP contribution is -2.32. The molecule has 9 nitrogen and oxygen atoms in total. The maximum absolute atomic E-state index is 12.2. The molecule has 0 aliphatic carbocycles. The quantitative estimate of drug-likeness (QED) is 0.524. The monoisotopic (exact) mass is 416 g/mol. The first-order valence-electron chi connectivity index (χ1n) is 8.78. The summed E-state index contributed by atoms with van der Waals surface area (Å²) in [5.41, 5.74) is 0.563. The molecule has 0 bridgehead atoms. The fourth-order valence-corrected chi connectivity index (χ4v) is 3.48. The van der Waals surface area contributed by atoms with E-state index < -0.39 is 21.3 Å². The Morgan fingerprint density at radius 3 is 2.62 bits per heavy atom. The Kier molecular flexibility index (Phi) is 5.83. The van der Waals surface area contributed by atoms with Crippen LogP contribution >= 0.6 is 0 Å². The number of aromatic amines is 1. The molecule has 1 amide bonds. The predicted octanol–water partition coefficient (Wildman–Crippen LogP) is 0.768. The number of carbonyl (C=O) groups excluding carboxylic acids is 1. The van der Waals surface area contributed by atoms with Gasteiger partial charge in [0, 0.05) is 25.2 Å². The highest BCUT2D eigenvalue weighted by Gasteiger charge is 2.09. The van der Waals surface area contributed by atoms with E-state index in [1.807, 2.05) is 0 Å². The number of carbonyl (C=O) groups is 1. The number of H-pyrrole nitrogens is 1. The summed E-state index contributed by atoms with van der Waals surface area (Å²) >= 11 is 0. The summed E-state index contributed by atoms with van der Waals surface area (Å²) in [6, 6.07) is 13.4. The van der Waals surface area contributed by atoms with E-state index in [9.17, 15) is 22.8 Å². The van der Waals surface area contributed by atoms with Gasteiger partial charge >= 0.3 is 5.69 Å². The van der Waals surface area contributed by atoms with Crippen molar-refractivity contribution in [3.8, 4) is 0 Å². The summed E-state index contributed by atoms with van der Waals surface area (Å²) in [5, 5.41) is 3.11. The molecule has 2 aromatic carbocycles. The molecular formula is C19H20N4O5S. The molecule has 3 N–H and O–H groups in total. The molecular weight excluding hydrogens is 396 g/mol. The molecule has 0 aliphatic heterocycles. The van der Waals surface area contributed by atoms with Gasteiger partial charge in [-0.1, -0.05) is 24.3 Å². The molecule has 0 fully saturated rings. The Hall–Kier alpha value is -3.40. The van der Waals surface area contributed by atoms with Crippen LogP contribution in [-0.2, 0) is 27.9 Å². The van der Waals surface area contributed by atoms with E-state index in [0.29, 0.717) is 16.6 Å².